The zero-order valence-corrected chi connectivity index (χ0v) is 28.7. The Bertz CT molecular complexity index is 1410. The first-order valence-corrected chi connectivity index (χ1v) is 17.9. The van der Waals surface area contributed by atoms with Gasteiger partial charge in [-0.25, -0.2) is 4.79 Å². The van der Waals surface area contributed by atoms with E-state index in [2.05, 4.69) is 73.3 Å². The van der Waals surface area contributed by atoms with Crippen molar-refractivity contribution in [3.8, 4) is 0 Å². The lowest BCUT2D eigenvalue weighted by Crippen LogP contribution is -2.50. The van der Waals surface area contributed by atoms with E-state index in [0.717, 1.165) is 63.1 Å². The number of likely N-dealkylation sites (N-methyl/N-ethyl adjacent to an activating group) is 1. The van der Waals surface area contributed by atoms with E-state index in [1.165, 1.54) is 11.3 Å². The van der Waals surface area contributed by atoms with E-state index in [-0.39, 0.29) is 41.1 Å². The number of nitrogens with one attached hydrogen (secondary N) is 1. The molecule has 0 radical (unpaired) electrons. The van der Waals surface area contributed by atoms with E-state index in [1.807, 2.05) is 32.9 Å². The zero-order chi connectivity index (χ0) is 32.4. The molecule has 3 saturated heterocycles. The summed E-state index contributed by atoms with van der Waals surface area (Å²) in [6.45, 7) is 13.2. The summed E-state index contributed by atoms with van der Waals surface area (Å²) < 4.78 is 0. The summed E-state index contributed by atoms with van der Waals surface area (Å²) in [7, 11) is 2.16. The van der Waals surface area contributed by atoms with Gasteiger partial charge in [0, 0.05) is 81.8 Å². The van der Waals surface area contributed by atoms with Crippen molar-refractivity contribution in [1.29, 1.82) is 0 Å². The highest BCUT2D eigenvalue weighted by Gasteiger charge is 2.44. The number of piperidine rings is 1. The van der Waals surface area contributed by atoms with Crippen molar-refractivity contribution in [3.63, 3.8) is 0 Å². The van der Waals surface area contributed by atoms with E-state index >= 15 is 0 Å². The van der Waals surface area contributed by atoms with Crippen LogP contribution in [0.1, 0.15) is 63.0 Å². The summed E-state index contributed by atoms with van der Waals surface area (Å²) in [5.74, 6) is 0.122. The second kappa shape index (κ2) is 13.9. The van der Waals surface area contributed by atoms with Crippen molar-refractivity contribution in [2.75, 3.05) is 69.6 Å². The molecule has 10 heteroatoms. The Hall–Kier alpha value is -3.24. The first kappa shape index (κ1) is 32.7. The number of hydrogen-bond donors (Lipinski definition) is 1. The molecule has 0 bridgehead atoms. The van der Waals surface area contributed by atoms with Crippen LogP contribution in [0, 0.1) is 5.41 Å². The quantitative estimate of drug-likeness (QED) is 0.441. The highest BCUT2D eigenvalue weighted by Crippen LogP contribution is 2.48. The molecule has 6 rings (SSSR count). The van der Waals surface area contributed by atoms with Crippen molar-refractivity contribution >= 4 is 41.0 Å². The molecule has 248 valence electrons. The lowest BCUT2D eigenvalue weighted by molar-refractivity contribution is -0.137. The summed E-state index contributed by atoms with van der Waals surface area (Å²) in [4.78, 5) is 51.5. The van der Waals surface area contributed by atoms with Gasteiger partial charge in [0.15, 0.2) is 0 Å². The van der Waals surface area contributed by atoms with Crippen molar-refractivity contribution in [3.05, 3.63) is 59.7 Å². The number of thioether (sulfide) groups is 1. The number of carbonyl (C=O) groups is 3. The average molecular weight is 647 g/mol. The highest BCUT2D eigenvalue weighted by molar-refractivity contribution is 8.01. The van der Waals surface area contributed by atoms with Crippen LogP contribution in [0.4, 0.5) is 16.2 Å². The van der Waals surface area contributed by atoms with Crippen LogP contribution in [-0.2, 0) is 16.0 Å². The van der Waals surface area contributed by atoms with Gasteiger partial charge < -0.3 is 29.8 Å². The predicted molar refractivity (Wildman–Crippen MR) is 186 cm³/mol. The molecule has 0 spiro atoms. The average Bonchev–Trinajstić information content (AvgIpc) is 3.24. The fourth-order valence-corrected chi connectivity index (χ4v) is 8.64. The van der Waals surface area contributed by atoms with Crippen LogP contribution in [-0.4, -0.2) is 108 Å². The van der Waals surface area contributed by atoms with Crippen molar-refractivity contribution in [2.45, 2.75) is 69.5 Å². The molecule has 4 amide bonds. The van der Waals surface area contributed by atoms with Crippen LogP contribution in [0.5, 0.6) is 0 Å². The van der Waals surface area contributed by atoms with E-state index in [0.29, 0.717) is 26.2 Å². The summed E-state index contributed by atoms with van der Waals surface area (Å²) in [5, 5.41) is 2.57. The summed E-state index contributed by atoms with van der Waals surface area (Å²) >= 11 is 1.65. The van der Waals surface area contributed by atoms with Gasteiger partial charge in [-0.15, -0.1) is 11.8 Å². The highest BCUT2D eigenvalue weighted by atomic mass is 32.2. The number of urea groups is 1. The molecule has 2 atom stereocenters. The van der Waals surface area contributed by atoms with Crippen LogP contribution < -0.4 is 10.2 Å². The van der Waals surface area contributed by atoms with Crippen LogP contribution in [0.3, 0.4) is 0 Å². The van der Waals surface area contributed by atoms with E-state index < -0.39 is 5.25 Å². The summed E-state index contributed by atoms with van der Waals surface area (Å²) in [6.07, 6.45) is 3.43. The normalized spacial score (nSPS) is 23.4. The van der Waals surface area contributed by atoms with Gasteiger partial charge >= 0.3 is 6.03 Å². The third-order valence-electron chi connectivity index (χ3n) is 10.0. The summed E-state index contributed by atoms with van der Waals surface area (Å²) in [5.41, 5.74) is 4.52. The topological polar surface area (TPSA) is 79.4 Å². The number of anilines is 2. The molecule has 0 saturated carbocycles. The fourth-order valence-electron chi connectivity index (χ4n) is 7.13. The Labute approximate surface area is 278 Å². The second-order valence-corrected chi connectivity index (χ2v) is 15.8. The van der Waals surface area contributed by atoms with Gasteiger partial charge in [-0.2, -0.15) is 0 Å². The first-order chi connectivity index (χ1) is 22.1. The van der Waals surface area contributed by atoms with Gasteiger partial charge in [0.05, 0.1) is 5.25 Å². The van der Waals surface area contributed by atoms with Crippen molar-refractivity contribution < 1.29 is 14.4 Å². The SMILES string of the molecule is CN1CCN(c2ccccc2C2SC(CC(=O)N3CCC(N4CCc5ccccc5NC4=O)CC3)C(=O)N2CCC(C)(C)C)CC1. The standard InChI is InChI=1S/C36H50N6O3S/c1-36(2,3)16-20-42-33(44)31(46-34(42)28-10-6-8-12-30(28)39-23-21-38(4)22-24-39)25-32(43)40-17-14-27(15-18-40)41-19-13-26-9-5-7-11-29(26)37-35(41)45/h5-12,27,31,34H,13-25H2,1-4H3,(H,37,45). The molecule has 0 aliphatic carbocycles. The number of rotatable bonds is 7. The van der Waals surface area contributed by atoms with Gasteiger partial charge in [0.1, 0.15) is 5.37 Å². The Morgan fingerprint density at radius 3 is 2.35 bits per heavy atom. The van der Waals surface area contributed by atoms with E-state index in [4.69, 9.17) is 0 Å². The second-order valence-electron chi connectivity index (χ2n) is 14.5. The number of para-hydroxylation sites is 2. The first-order valence-electron chi connectivity index (χ1n) is 17.0. The van der Waals surface area contributed by atoms with Crippen LogP contribution in [0.2, 0.25) is 0 Å². The van der Waals surface area contributed by atoms with Gasteiger partial charge in [-0.1, -0.05) is 57.2 Å². The largest absolute Gasteiger partial charge is 0.369 e. The fraction of sp³-hybridized carbons (Fsp3) is 0.583. The number of benzene rings is 2. The maximum absolute atomic E-state index is 14.0. The minimum absolute atomic E-state index is 0.0424. The third-order valence-corrected chi connectivity index (χ3v) is 11.5. The monoisotopic (exact) mass is 646 g/mol. The Morgan fingerprint density at radius 2 is 1.61 bits per heavy atom. The lowest BCUT2D eigenvalue weighted by Gasteiger charge is -2.38. The number of likely N-dealkylation sites (tertiary alicyclic amines) is 1. The smallest absolute Gasteiger partial charge is 0.322 e. The third kappa shape index (κ3) is 7.33. The molecule has 0 aromatic heterocycles. The van der Waals surface area contributed by atoms with Gasteiger partial charge in [0.25, 0.3) is 0 Å². The molecule has 2 aromatic rings. The number of piperazine rings is 1. The van der Waals surface area contributed by atoms with E-state index in [9.17, 15) is 14.4 Å². The van der Waals surface area contributed by atoms with E-state index in [1.54, 1.807) is 11.8 Å². The number of hydrogen-bond acceptors (Lipinski definition) is 6. The molecule has 2 unspecified atom stereocenters. The molecule has 4 heterocycles. The predicted octanol–water partition coefficient (Wildman–Crippen LogP) is 5.29. The molecular formula is C36H50N6O3S. The number of fused-ring (bicyclic) bond motifs is 1. The Kier molecular flexibility index (Phi) is 9.85. The maximum atomic E-state index is 14.0. The van der Waals surface area contributed by atoms with Gasteiger partial charge in [0.2, 0.25) is 11.8 Å². The Morgan fingerprint density at radius 1 is 0.913 bits per heavy atom. The van der Waals surface area contributed by atoms with Crippen LogP contribution in [0.25, 0.3) is 0 Å². The molecule has 46 heavy (non-hydrogen) atoms. The maximum Gasteiger partial charge on any atom is 0.322 e. The molecule has 1 N–H and O–H groups in total. The van der Waals surface area contributed by atoms with Gasteiger partial charge in [-0.3, -0.25) is 9.59 Å². The number of amides is 4. The zero-order valence-electron chi connectivity index (χ0n) is 27.9. The van der Waals surface area contributed by atoms with Crippen molar-refractivity contribution in [1.82, 2.24) is 19.6 Å². The minimum atomic E-state index is -0.398. The van der Waals surface area contributed by atoms with Gasteiger partial charge in [-0.05, 0) is 55.8 Å². The van der Waals surface area contributed by atoms with Crippen LogP contribution >= 0.6 is 11.8 Å². The Balaban J connectivity index is 1.11. The van der Waals surface area contributed by atoms with Crippen LogP contribution in [0.15, 0.2) is 48.5 Å². The number of carbonyl (C=O) groups excluding carboxylic acids is 3. The molecule has 4 aliphatic heterocycles. The molecule has 3 fully saturated rings. The minimum Gasteiger partial charge on any atom is -0.369 e. The molecular weight excluding hydrogens is 597 g/mol. The van der Waals surface area contributed by atoms with Crippen molar-refractivity contribution in [2.24, 2.45) is 5.41 Å². The number of nitrogens with zero attached hydrogens (tertiary/aromatic N) is 5. The summed E-state index contributed by atoms with van der Waals surface area (Å²) in [6, 6.07) is 16.6. The molecule has 9 nitrogen and oxygen atoms in total. The molecule has 4 aliphatic rings. The molecule has 2 aromatic carbocycles. The lowest BCUT2D eigenvalue weighted by atomic mass is 9.92.